The number of aromatic nitrogens is 2. The van der Waals surface area contributed by atoms with E-state index in [0.717, 1.165) is 17.0 Å². The largest absolute Gasteiger partial charge is 0.505 e. The summed E-state index contributed by atoms with van der Waals surface area (Å²) in [4.78, 5) is 16.8. The molecule has 1 atom stereocenters. The number of nitrogens with one attached hydrogen (secondary N) is 1. The maximum Gasteiger partial charge on any atom is 0.251 e. The van der Waals surface area contributed by atoms with Crippen molar-refractivity contribution >= 4 is 16.9 Å². The van der Waals surface area contributed by atoms with Gasteiger partial charge in [0.2, 0.25) is 0 Å². The number of amides is 1. The SMILES string of the molecule is CNC(=O)c1cc2c(nc(C)n2C)c(O)c1CC[C@@H](O)c1ccccc1C. The van der Waals surface area contributed by atoms with Crippen LogP contribution in [0.5, 0.6) is 5.75 Å². The molecule has 0 spiro atoms. The average Bonchev–Trinajstić information content (AvgIpc) is 2.95. The zero-order valence-electron chi connectivity index (χ0n) is 16.1. The van der Waals surface area contributed by atoms with Crippen molar-refractivity contribution in [2.75, 3.05) is 7.05 Å². The second-order valence-corrected chi connectivity index (χ2v) is 6.83. The van der Waals surface area contributed by atoms with Crippen molar-refractivity contribution in [2.24, 2.45) is 7.05 Å². The number of rotatable bonds is 5. The molecule has 0 fully saturated rings. The van der Waals surface area contributed by atoms with Crippen molar-refractivity contribution in [3.63, 3.8) is 0 Å². The van der Waals surface area contributed by atoms with E-state index in [1.807, 2.05) is 49.7 Å². The standard InChI is InChI=1S/C21H25N3O3/c1-12-7-5-6-8-14(12)18(25)10-9-15-16(21(27)22-3)11-17-19(20(15)26)23-13(2)24(17)4/h5-8,11,18,25-26H,9-10H2,1-4H3,(H,22,27)/t18-/m1/s1. The van der Waals surface area contributed by atoms with E-state index < -0.39 is 6.10 Å². The van der Waals surface area contributed by atoms with Gasteiger partial charge in [-0.25, -0.2) is 4.98 Å². The third-order valence-electron chi connectivity index (χ3n) is 5.17. The van der Waals surface area contributed by atoms with Crippen LogP contribution in [0, 0.1) is 13.8 Å². The van der Waals surface area contributed by atoms with Crippen LogP contribution in [-0.4, -0.2) is 32.7 Å². The third-order valence-corrected chi connectivity index (χ3v) is 5.17. The lowest BCUT2D eigenvalue weighted by molar-refractivity contribution is 0.0961. The first-order chi connectivity index (χ1) is 12.8. The lowest BCUT2D eigenvalue weighted by Crippen LogP contribution is -2.20. The molecule has 6 heteroatoms. The predicted molar refractivity (Wildman–Crippen MR) is 105 cm³/mol. The highest BCUT2D eigenvalue weighted by Gasteiger charge is 2.22. The first-order valence-corrected chi connectivity index (χ1v) is 8.98. The minimum absolute atomic E-state index is 0.00628. The summed E-state index contributed by atoms with van der Waals surface area (Å²) in [5, 5.41) is 24.0. The van der Waals surface area contributed by atoms with Crippen LogP contribution in [0.3, 0.4) is 0 Å². The normalized spacial score (nSPS) is 12.3. The van der Waals surface area contributed by atoms with E-state index in [4.69, 9.17) is 0 Å². The summed E-state index contributed by atoms with van der Waals surface area (Å²) in [7, 11) is 3.41. The number of phenols is 1. The quantitative estimate of drug-likeness (QED) is 0.647. The molecule has 0 aliphatic rings. The molecular weight excluding hydrogens is 342 g/mol. The molecule has 3 N–H and O–H groups in total. The summed E-state index contributed by atoms with van der Waals surface area (Å²) in [6, 6.07) is 9.42. The van der Waals surface area contributed by atoms with E-state index in [1.54, 1.807) is 13.1 Å². The molecular formula is C21H25N3O3. The Labute approximate surface area is 158 Å². The van der Waals surface area contributed by atoms with Gasteiger partial charge in [-0.05, 0) is 43.9 Å². The Kier molecular flexibility index (Phi) is 5.19. The van der Waals surface area contributed by atoms with Crippen LogP contribution in [0.25, 0.3) is 11.0 Å². The number of hydrogen-bond acceptors (Lipinski definition) is 4. The van der Waals surface area contributed by atoms with Crippen molar-refractivity contribution in [1.29, 1.82) is 0 Å². The number of aliphatic hydroxyl groups is 1. The summed E-state index contributed by atoms with van der Waals surface area (Å²) in [5.41, 5.74) is 3.95. The number of phenolic OH excluding ortho intramolecular Hbond substituents is 1. The number of aromatic hydroxyl groups is 1. The van der Waals surface area contributed by atoms with Crippen LogP contribution in [0.2, 0.25) is 0 Å². The first-order valence-electron chi connectivity index (χ1n) is 8.98. The molecule has 1 heterocycles. The Morgan fingerprint density at radius 3 is 2.67 bits per heavy atom. The van der Waals surface area contributed by atoms with Crippen molar-refractivity contribution < 1.29 is 15.0 Å². The zero-order chi connectivity index (χ0) is 19.7. The number of carbonyl (C=O) groups excluding carboxylic acids is 1. The minimum Gasteiger partial charge on any atom is -0.505 e. The summed E-state index contributed by atoms with van der Waals surface area (Å²) < 4.78 is 1.84. The van der Waals surface area contributed by atoms with Gasteiger partial charge in [0, 0.05) is 25.2 Å². The molecule has 142 valence electrons. The summed E-state index contributed by atoms with van der Waals surface area (Å²) in [5.74, 6) is 0.485. The number of imidazole rings is 1. The van der Waals surface area contributed by atoms with Gasteiger partial charge in [0.15, 0.2) is 0 Å². The molecule has 3 aromatic rings. The Morgan fingerprint density at radius 1 is 1.30 bits per heavy atom. The fourth-order valence-corrected chi connectivity index (χ4v) is 3.45. The minimum atomic E-state index is -0.677. The van der Waals surface area contributed by atoms with Gasteiger partial charge < -0.3 is 20.1 Å². The van der Waals surface area contributed by atoms with E-state index >= 15 is 0 Å². The van der Waals surface area contributed by atoms with Gasteiger partial charge in [0.1, 0.15) is 17.1 Å². The van der Waals surface area contributed by atoms with Gasteiger partial charge in [-0.1, -0.05) is 24.3 Å². The molecule has 0 unspecified atom stereocenters. The molecule has 1 amide bonds. The van der Waals surface area contributed by atoms with Crippen LogP contribution >= 0.6 is 0 Å². The molecule has 0 saturated heterocycles. The van der Waals surface area contributed by atoms with E-state index in [0.29, 0.717) is 35.0 Å². The molecule has 3 rings (SSSR count). The summed E-state index contributed by atoms with van der Waals surface area (Å²) in [6.07, 6.45) is 0.0688. The number of aryl methyl sites for hydroxylation is 3. The van der Waals surface area contributed by atoms with E-state index in [9.17, 15) is 15.0 Å². The molecule has 27 heavy (non-hydrogen) atoms. The molecule has 6 nitrogen and oxygen atoms in total. The molecule has 0 aliphatic heterocycles. The molecule has 0 bridgehead atoms. The second-order valence-electron chi connectivity index (χ2n) is 6.83. The lowest BCUT2D eigenvalue weighted by atomic mass is 9.94. The average molecular weight is 367 g/mol. The number of hydrogen-bond donors (Lipinski definition) is 3. The topological polar surface area (TPSA) is 87.4 Å². The Balaban J connectivity index is 2.01. The maximum atomic E-state index is 12.4. The molecule has 0 aliphatic carbocycles. The highest BCUT2D eigenvalue weighted by Crippen LogP contribution is 2.34. The van der Waals surface area contributed by atoms with Gasteiger partial charge in [0.05, 0.1) is 11.6 Å². The Morgan fingerprint density at radius 2 is 2.00 bits per heavy atom. The van der Waals surface area contributed by atoms with E-state index in [1.165, 1.54) is 0 Å². The van der Waals surface area contributed by atoms with Gasteiger partial charge >= 0.3 is 0 Å². The number of aliphatic hydroxyl groups excluding tert-OH is 1. The van der Waals surface area contributed by atoms with Crippen molar-refractivity contribution in [3.8, 4) is 5.75 Å². The Bertz CT molecular complexity index is 1010. The van der Waals surface area contributed by atoms with Crippen LogP contribution in [0.1, 0.15) is 45.4 Å². The molecule has 2 aromatic carbocycles. The highest BCUT2D eigenvalue weighted by molar-refractivity contribution is 6.01. The van der Waals surface area contributed by atoms with Crippen molar-refractivity contribution in [2.45, 2.75) is 32.8 Å². The number of nitrogens with zero attached hydrogens (tertiary/aromatic N) is 2. The van der Waals surface area contributed by atoms with E-state index in [-0.39, 0.29) is 11.7 Å². The maximum absolute atomic E-state index is 12.4. The number of benzene rings is 2. The van der Waals surface area contributed by atoms with Crippen molar-refractivity contribution in [1.82, 2.24) is 14.9 Å². The smallest absolute Gasteiger partial charge is 0.251 e. The Hall–Kier alpha value is -2.86. The van der Waals surface area contributed by atoms with Gasteiger partial charge in [-0.3, -0.25) is 4.79 Å². The molecule has 1 aromatic heterocycles. The fourth-order valence-electron chi connectivity index (χ4n) is 3.45. The van der Waals surface area contributed by atoms with Crippen molar-refractivity contribution in [3.05, 3.63) is 58.4 Å². The van der Waals surface area contributed by atoms with Gasteiger partial charge in [0.25, 0.3) is 5.91 Å². The predicted octanol–water partition coefficient (Wildman–Crippen LogP) is 2.92. The first kappa shape index (κ1) is 18.9. The lowest BCUT2D eigenvalue weighted by Gasteiger charge is -2.16. The zero-order valence-corrected chi connectivity index (χ0v) is 16.1. The summed E-state index contributed by atoms with van der Waals surface area (Å²) >= 11 is 0. The van der Waals surface area contributed by atoms with Crippen LogP contribution in [-0.2, 0) is 13.5 Å². The number of fused-ring (bicyclic) bond motifs is 1. The van der Waals surface area contributed by atoms with Gasteiger partial charge in [-0.2, -0.15) is 0 Å². The van der Waals surface area contributed by atoms with Crippen LogP contribution in [0.15, 0.2) is 30.3 Å². The third kappa shape index (κ3) is 3.40. The summed E-state index contributed by atoms with van der Waals surface area (Å²) in [6.45, 7) is 3.80. The highest BCUT2D eigenvalue weighted by atomic mass is 16.3. The van der Waals surface area contributed by atoms with Gasteiger partial charge in [-0.15, -0.1) is 0 Å². The monoisotopic (exact) mass is 367 g/mol. The number of carbonyl (C=O) groups is 1. The molecule has 0 radical (unpaired) electrons. The van der Waals surface area contributed by atoms with E-state index in [2.05, 4.69) is 10.3 Å². The molecule has 0 saturated carbocycles. The van der Waals surface area contributed by atoms with Crippen LogP contribution < -0.4 is 5.32 Å². The second kappa shape index (κ2) is 7.40. The van der Waals surface area contributed by atoms with Crippen LogP contribution in [0.4, 0.5) is 0 Å². The fraction of sp³-hybridized carbons (Fsp3) is 0.333.